The predicted octanol–water partition coefficient (Wildman–Crippen LogP) is 6.95. The van der Waals surface area contributed by atoms with Gasteiger partial charge in [0.05, 0.1) is 5.52 Å². The van der Waals surface area contributed by atoms with E-state index in [-0.39, 0.29) is 0 Å². The number of fused-ring (bicyclic) bond motifs is 6. The average Bonchev–Trinajstić information content (AvgIpc) is 3.32. The van der Waals surface area contributed by atoms with Gasteiger partial charge in [0.1, 0.15) is 0 Å². The highest BCUT2D eigenvalue weighted by Gasteiger charge is 2.52. The quantitative estimate of drug-likeness (QED) is 0.384. The summed E-state index contributed by atoms with van der Waals surface area (Å²) in [6, 6.07) is 24.7. The Balaban J connectivity index is 1.55. The second-order valence-electron chi connectivity index (χ2n) is 8.33. The van der Waals surface area contributed by atoms with Crippen LogP contribution in [0.1, 0.15) is 36.8 Å². The van der Waals surface area contributed by atoms with Gasteiger partial charge in [-0.2, -0.15) is 0 Å². The van der Waals surface area contributed by atoms with Gasteiger partial charge < -0.3 is 4.98 Å². The lowest BCUT2D eigenvalue weighted by Gasteiger charge is -2.23. The molecule has 0 radical (unpaired) electrons. The molecule has 4 aromatic rings. The fourth-order valence-electron chi connectivity index (χ4n) is 5.73. The highest BCUT2D eigenvalue weighted by Crippen LogP contribution is 2.63. The van der Waals surface area contributed by atoms with Crippen LogP contribution in [-0.4, -0.2) is 10.2 Å². The second kappa shape index (κ2) is 5.65. The number of aromatic nitrogens is 1. The first-order valence-corrected chi connectivity index (χ1v) is 10.9. The van der Waals surface area contributed by atoms with Crippen LogP contribution in [0.3, 0.4) is 0 Å². The number of H-pyrrole nitrogens is 1. The van der Waals surface area contributed by atoms with Crippen molar-refractivity contribution in [1.29, 1.82) is 0 Å². The van der Waals surface area contributed by atoms with Crippen LogP contribution < -0.4 is 0 Å². The number of aromatic amines is 1. The number of nitrogens with one attached hydrogen (secondary N) is 1. The number of rotatable bonds is 1. The number of thioether (sulfide) groups is 1. The van der Waals surface area contributed by atoms with E-state index in [0.717, 1.165) is 0 Å². The zero-order valence-corrected chi connectivity index (χ0v) is 16.5. The smallest absolute Gasteiger partial charge is 0.0500 e. The Morgan fingerprint density at radius 2 is 1.37 bits per heavy atom. The third kappa shape index (κ3) is 2.08. The van der Waals surface area contributed by atoms with Crippen LogP contribution in [0.2, 0.25) is 0 Å². The molecule has 3 aromatic carbocycles. The molecular weight excluding hydrogens is 346 g/mol. The van der Waals surface area contributed by atoms with Crippen molar-refractivity contribution >= 4 is 33.6 Å². The zero-order valence-electron chi connectivity index (χ0n) is 15.6. The molecule has 0 spiro atoms. The van der Waals surface area contributed by atoms with Crippen molar-refractivity contribution in [2.75, 3.05) is 0 Å². The summed E-state index contributed by atoms with van der Waals surface area (Å²) >= 11 is 2.12. The molecule has 1 N–H and O–H groups in total. The first-order valence-electron chi connectivity index (χ1n) is 9.99. The van der Waals surface area contributed by atoms with Gasteiger partial charge in [0.2, 0.25) is 0 Å². The van der Waals surface area contributed by atoms with E-state index in [4.69, 9.17) is 0 Å². The van der Waals surface area contributed by atoms with Crippen LogP contribution >= 0.6 is 11.8 Å². The molecule has 2 heteroatoms. The lowest BCUT2D eigenvalue weighted by Crippen LogP contribution is -2.14. The maximum Gasteiger partial charge on any atom is 0.0500 e. The fraction of sp³-hybridized carbons (Fsp3) is 0.280. The molecule has 5 unspecified atom stereocenters. The maximum absolute atomic E-state index is 3.75. The van der Waals surface area contributed by atoms with Gasteiger partial charge in [-0.05, 0) is 35.1 Å². The maximum atomic E-state index is 3.75. The van der Waals surface area contributed by atoms with Crippen LogP contribution in [0, 0.1) is 11.8 Å². The van der Waals surface area contributed by atoms with Gasteiger partial charge in [0.25, 0.3) is 0 Å². The Morgan fingerprint density at radius 3 is 2.26 bits per heavy atom. The third-order valence-electron chi connectivity index (χ3n) is 7.14. The van der Waals surface area contributed by atoms with E-state index in [9.17, 15) is 0 Å². The Hall–Kier alpha value is -2.19. The van der Waals surface area contributed by atoms with E-state index >= 15 is 0 Å². The van der Waals surface area contributed by atoms with Crippen molar-refractivity contribution in [3.05, 3.63) is 77.9 Å². The molecule has 6 rings (SSSR count). The van der Waals surface area contributed by atoms with Crippen molar-refractivity contribution in [3.63, 3.8) is 0 Å². The van der Waals surface area contributed by atoms with Crippen molar-refractivity contribution in [2.45, 2.75) is 35.8 Å². The number of benzene rings is 3. The molecule has 1 aromatic heterocycles. The molecule has 1 fully saturated rings. The Bertz CT molecular complexity index is 1170. The third-order valence-corrected chi connectivity index (χ3v) is 8.63. The minimum absolute atomic E-state index is 0.583. The standard InChI is InChI=1S/C25H23NS/c1-14-15(2)23(25-22(14)18-9-4-6-13-21(18)27-25)19-11-7-10-17-16-8-3-5-12-20(16)26-24(17)19/h3-15,22-23,25-26H,1-2H3. The highest BCUT2D eigenvalue weighted by molar-refractivity contribution is 8.00. The van der Waals surface area contributed by atoms with Gasteiger partial charge in [-0.25, -0.2) is 0 Å². The number of hydrogen-bond donors (Lipinski definition) is 1. The summed E-state index contributed by atoms with van der Waals surface area (Å²) in [5.74, 6) is 2.64. The van der Waals surface area contributed by atoms with Gasteiger partial charge in [-0.1, -0.05) is 68.4 Å². The van der Waals surface area contributed by atoms with Crippen molar-refractivity contribution in [3.8, 4) is 0 Å². The molecule has 1 aliphatic carbocycles. The zero-order chi connectivity index (χ0) is 18.1. The molecule has 2 heterocycles. The van der Waals surface area contributed by atoms with E-state index < -0.39 is 0 Å². The van der Waals surface area contributed by atoms with Crippen LogP contribution in [0.25, 0.3) is 21.8 Å². The largest absolute Gasteiger partial charge is 0.354 e. The van der Waals surface area contributed by atoms with E-state index in [1.165, 1.54) is 32.3 Å². The van der Waals surface area contributed by atoms with Crippen LogP contribution in [-0.2, 0) is 0 Å². The summed E-state index contributed by atoms with van der Waals surface area (Å²) < 4.78 is 0. The fourth-order valence-corrected chi connectivity index (χ4v) is 7.60. The van der Waals surface area contributed by atoms with Crippen molar-refractivity contribution < 1.29 is 0 Å². The summed E-state index contributed by atoms with van der Waals surface area (Å²) in [6.45, 7) is 4.94. The highest BCUT2D eigenvalue weighted by atomic mass is 32.2. The summed E-state index contributed by atoms with van der Waals surface area (Å²) in [7, 11) is 0. The van der Waals surface area contributed by atoms with E-state index in [1.54, 1.807) is 5.56 Å². The summed E-state index contributed by atoms with van der Waals surface area (Å²) in [5, 5.41) is 3.35. The summed E-state index contributed by atoms with van der Waals surface area (Å²) in [5.41, 5.74) is 5.69. The molecular formula is C25H23NS. The molecule has 1 nitrogen and oxygen atoms in total. The molecule has 134 valence electrons. The topological polar surface area (TPSA) is 15.8 Å². The first kappa shape index (κ1) is 15.8. The number of hydrogen-bond acceptors (Lipinski definition) is 1. The van der Waals surface area contributed by atoms with Gasteiger partial charge >= 0.3 is 0 Å². The Labute approximate surface area is 164 Å². The van der Waals surface area contributed by atoms with E-state index in [1.807, 2.05) is 0 Å². The molecule has 5 atom stereocenters. The van der Waals surface area contributed by atoms with Crippen LogP contribution in [0.5, 0.6) is 0 Å². The minimum atomic E-state index is 0.583. The molecule has 1 aliphatic heterocycles. The van der Waals surface area contributed by atoms with E-state index in [0.29, 0.717) is 28.9 Å². The van der Waals surface area contributed by atoms with Gasteiger partial charge in [-0.15, -0.1) is 11.8 Å². The normalized spacial score (nSPS) is 29.3. The monoisotopic (exact) mass is 369 g/mol. The molecule has 1 saturated carbocycles. The van der Waals surface area contributed by atoms with Crippen molar-refractivity contribution in [2.24, 2.45) is 11.8 Å². The first-order chi connectivity index (χ1) is 13.2. The van der Waals surface area contributed by atoms with Crippen molar-refractivity contribution in [1.82, 2.24) is 4.98 Å². The molecule has 0 bridgehead atoms. The SMILES string of the molecule is CC1C(C)C(c2cccc3c2[nH]c2ccccc23)C2Sc3ccccc3C12. The number of para-hydroxylation sites is 2. The lowest BCUT2D eigenvalue weighted by atomic mass is 9.85. The van der Waals surface area contributed by atoms with Gasteiger partial charge in [-0.3, -0.25) is 0 Å². The second-order valence-corrected chi connectivity index (χ2v) is 9.55. The molecule has 0 saturated heterocycles. The molecule has 27 heavy (non-hydrogen) atoms. The summed E-state index contributed by atoms with van der Waals surface area (Å²) in [6.07, 6.45) is 0. The summed E-state index contributed by atoms with van der Waals surface area (Å²) in [4.78, 5) is 5.25. The van der Waals surface area contributed by atoms with Crippen LogP contribution in [0.4, 0.5) is 0 Å². The van der Waals surface area contributed by atoms with E-state index in [2.05, 4.69) is 97.3 Å². The Morgan fingerprint density at radius 1 is 0.704 bits per heavy atom. The minimum Gasteiger partial charge on any atom is -0.354 e. The lowest BCUT2D eigenvalue weighted by molar-refractivity contribution is 0.401. The molecule has 2 aliphatic rings. The average molecular weight is 370 g/mol. The molecule has 0 amide bonds. The van der Waals surface area contributed by atoms with Gasteiger partial charge in [0, 0.05) is 38.3 Å². The van der Waals surface area contributed by atoms with Crippen LogP contribution in [0.15, 0.2) is 71.6 Å². The Kier molecular flexibility index (Phi) is 3.31. The van der Waals surface area contributed by atoms with Gasteiger partial charge in [0.15, 0.2) is 0 Å². The predicted molar refractivity (Wildman–Crippen MR) is 116 cm³/mol.